The third-order valence-corrected chi connectivity index (χ3v) is 6.35. The maximum Gasteiger partial charge on any atom is 0.244 e. The predicted molar refractivity (Wildman–Crippen MR) is 88.0 cm³/mol. The molecule has 1 atom stereocenters. The molecule has 4 heteroatoms. The smallest absolute Gasteiger partial charge is 0.207 e. The number of hydrogen-bond donors (Lipinski definition) is 0. The molecule has 2 aromatic carbocycles. The summed E-state index contributed by atoms with van der Waals surface area (Å²) < 4.78 is 26.6. The van der Waals surface area contributed by atoms with E-state index >= 15 is 0 Å². The van der Waals surface area contributed by atoms with Gasteiger partial charge in [-0.15, -0.1) is 0 Å². The lowest BCUT2D eigenvalue weighted by Crippen LogP contribution is -2.23. The first-order valence-corrected chi connectivity index (χ1v) is 9.13. The van der Waals surface area contributed by atoms with Gasteiger partial charge >= 0.3 is 0 Å². The van der Waals surface area contributed by atoms with Crippen LogP contribution in [-0.2, 0) is 23.1 Å². The van der Waals surface area contributed by atoms with Crippen molar-refractivity contribution in [3.05, 3.63) is 65.2 Å². The molecule has 22 heavy (non-hydrogen) atoms. The molecule has 3 nitrogen and oxygen atoms in total. The normalized spacial score (nSPS) is 18.1. The van der Waals surface area contributed by atoms with Crippen molar-refractivity contribution in [1.82, 2.24) is 4.31 Å². The molecule has 0 amide bonds. The minimum atomic E-state index is -3.34. The molecule has 2 aromatic rings. The highest BCUT2D eigenvalue weighted by Crippen LogP contribution is 2.31. The van der Waals surface area contributed by atoms with Gasteiger partial charge in [-0.1, -0.05) is 56.3 Å². The first-order valence-electron chi connectivity index (χ1n) is 7.69. The lowest BCUT2D eigenvalue weighted by molar-refractivity contribution is 0.420. The summed E-state index contributed by atoms with van der Waals surface area (Å²) in [5.41, 5.74) is 3.22. The predicted octanol–water partition coefficient (Wildman–Crippen LogP) is 3.90. The van der Waals surface area contributed by atoms with Crippen LogP contribution in [0.25, 0.3) is 0 Å². The second-order valence-electron chi connectivity index (χ2n) is 5.93. The average molecular weight is 315 g/mol. The highest BCUT2D eigenvalue weighted by atomic mass is 32.2. The SMILES string of the molecule is CCC(C)c1ccc(CN2Cc3ccccc3S2(=O)=O)cc1. The van der Waals surface area contributed by atoms with Crippen LogP contribution >= 0.6 is 0 Å². The quantitative estimate of drug-likeness (QED) is 0.858. The van der Waals surface area contributed by atoms with Gasteiger partial charge in [0.25, 0.3) is 0 Å². The van der Waals surface area contributed by atoms with E-state index in [1.54, 1.807) is 16.4 Å². The van der Waals surface area contributed by atoms with E-state index in [-0.39, 0.29) is 0 Å². The topological polar surface area (TPSA) is 37.4 Å². The van der Waals surface area contributed by atoms with Crippen molar-refractivity contribution >= 4 is 10.0 Å². The highest BCUT2D eigenvalue weighted by molar-refractivity contribution is 7.89. The molecule has 0 aromatic heterocycles. The van der Waals surface area contributed by atoms with Crippen molar-refractivity contribution in [2.75, 3.05) is 0 Å². The van der Waals surface area contributed by atoms with Gasteiger partial charge in [-0.2, -0.15) is 4.31 Å². The van der Waals surface area contributed by atoms with Gasteiger partial charge in [-0.25, -0.2) is 8.42 Å². The Morgan fingerprint density at radius 3 is 2.41 bits per heavy atom. The first-order chi connectivity index (χ1) is 10.5. The summed E-state index contributed by atoms with van der Waals surface area (Å²) in [5.74, 6) is 0.536. The zero-order valence-corrected chi connectivity index (χ0v) is 13.8. The fraction of sp³-hybridized carbons (Fsp3) is 0.333. The Kier molecular flexibility index (Phi) is 4.06. The molecule has 116 valence electrons. The lowest BCUT2D eigenvalue weighted by atomic mass is 9.98. The fourth-order valence-corrected chi connectivity index (χ4v) is 4.45. The van der Waals surface area contributed by atoms with Gasteiger partial charge < -0.3 is 0 Å². The molecule has 0 saturated carbocycles. The monoisotopic (exact) mass is 315 g/mol. The van der Waals surface area contributed by atoms with E-state index < -0.39 is 10.0 Å². The summed E-state index contributed by atoms with van der Waals surface area (Å²) in [6.07, 6.45) is 1.11. The molecule has 0 fully saturated rings. The van der Waals surface area contributed by atoms with Crippen molar-refractivity contribution in [2.45, 2.75) is 44.2 Å². The number of fused-ring (bicyclic) bond motifs is 1. The Morgan fingerprint density at radius 1 is 1.09 bits per heavy atom. The summed E-state index contributed by atoms with van der Waals surface area (Å²) in [6.45, 7) is 5.27. The van der Waals surface area contributed by atoms with Crippen LogP contribution < -0.4 is 0 Å². The van der Waals surface area contributed by atoms with Crippen LogP contribution in [0.4, 0.5) is 0 Å². The van der Waals surface area contributed by atoms with Gasteiger partial charge in [0.2, 0.25) is 10.0 Å². The van der Waals surface area contributed by atoms with Gasteiger partial charge in [0.05, 0.1) is 4.90 Å². The van der Waals surface area contributed by atoms with E-state index in [1.807, 2.05) is 24.3 Å². The number of hydrogen-bond acceptors (Lipinski definition) is 2. The molecule has 0 spiro atoms. The van der Waals surface area contributed by atoms with Crippen LogP contribution in [0, 0.1) is 0 Å². The Bertz CT molecular complexity index is 766. The Hall–Kier alpha value is -1.65. The summed E-state index contributed by atoms with van der Waals surface area (Å²) in [7, 11) is -3.34. The second kappa shape index (κ2) is 5.86. The van der Waals surface area contributed by atoms with Crippen molar-refractivity contribution in [3.63, 3.8) is 0 Å². The van der Waals surface area contributed by atoms with Crippen LogP contribution in [0.1, 0.15) is 42.9 Å². The van der Waals surface area contributed by atoms with Crippen molar-refractivity contribution < 1.29 is 8.42 Å². The zero-order valence-electron chi connectivity index (χ0n) is 13.0. The number of rotatable bonds is 4. The highest BCUT2D eigenvalue weighted by Gasteiger charge is 2.33. The van der Waals surface area contributed by atoms with E-state index in [9.17, 15) is 8.42 Å². The van der Waals surface area contributed by atoms with Crippen LogP contribution in [0.2, 0.25) is 0 Å². The fourth-order valence-electron chi connectivity index (χ4n) is 2.83. The molecule has 1 unspecified atom stereocenters. The largest absolute Gasteiger partial charge is 0.244 e. The molecule has 0 aliphatic carbocycles. The first kappa shape index (κ1) is 15.3. The molecule has 0 radical (unpaired) electrons. The molecule has 1 aliphatic heterocycles. The molecular formula is C18H21NO2S. The third-order valence-electron chi connectivity index (χ3n) is 4.46. The van der Waals surface area contributed by atoms with Gasteiger partial charge in [0.15, 0.2) is 0 Å². The molecule has 3 rings (SSSR count). The van der Waals surface area contributed by atoms with Gasteiger partial charge in [0.1, 0.15) is 0 Å². The van der Waals surface area contributed by atoms with Gasteiger partial charge in [-0.05, 0) is 35.1 Å². The van der Waals surface area contributed by atoms with E-state index in [4.69, 9.17) is 0 Å². The maximum absolute atomic E-state index is 12.5. The second-order valence-corrected chi connectivity index (χ2v) is 7.84. The molecule has 0 N–H and O–H groups in total. The molecule has 0 bridgehead atoms. The molecule has 0 saturated heterocycles. The van der Waals surface area contributed by atoms with E-state index in [2.05, 4.69) is 26.0 Å². The minimum absolute atomic E-state index is 0.428. The standard InChI is InChI=1S/C18H21NO2S/c1-3-14(2)16-10-8-15(9-11-16)12-19-13-17-6-4-5-7-18(17)22(19,20)21/h4-11,14H,3,12-13H2,1-2H3. The number of sulfonamides is 1. The van der Waals surface area contributed by atoms with E-state index in [1.165, 1.54) is 5.56 Å². The number of benzene rings is 2. The molecular weight excluding hydrogens is 294 g/mol. The Morgan fingerprint density at radius 2 is 1.77 bits per heavy atom. The van der Waals surface area contributed by atoms with Gasteiger partial charge in [-0.3, -0.25) is 0 Å². The third kappa shape index (κ3) is 2.69. The van der Waals surface area contributed by atoms with Crippen molar-refractivity contribution in [1.29, 1.82) is 0 Å². The van der Waals surface area contributed by atoms with E-state index in [0.717, 1.165) is 17.5 Å². The zero-order chi connectivity index (χ0) is 15.7. The van der Waals surface area contributed by atoms with E-state index in [0.29, 0.717) is 23.9 Å². The van der Waals surface area contributed by atoms with Crippen molar-refractivity contribution in [3.8, 4) is 0 Å². The maximum atomic E-state index is 12.5. The van der Waals surface area contributed by atoms with Crippen molar-refractivity contribution in [2.24, 2.45) is 0 Å². The molecule has 1 heterocycles. The molecule has 1 aliphatic rings. The Labute approximate surface area is 132 Å². The minimum Gasteiger partial charge on any atom is -0.207 e. The lowest BCUT2D eigenvalue weighted by Gasteiger charge is -2.15. The number of nitrogens with zero attached hydrogens (tertiary/aromatic N) is 1. The van der Waals surface area contributed by atoms with Gasteiger partial charge in [0, 0.05) is 13.1 Å². The summed E-state index contributed by atoms with van der Waals surface area (Å²) in [6, 6.07) is 15.5. The summed E-state index contributed by atoms with van der Waals surface area (Å²) >= 11 is 0. The van der Waals surface area contributed by atoms with Crippen LogP contribution in [0.5, 0.6) is 0 Å². The summed E-state index contributed by atoms with van der Waals surface area (Å²) in [4.78, 5) is 0.450. The Balaban J connectivity index is 1.80. The van der Waals surface area contributed by atoms with Crippen LogP contribution in [-0.4, -0.2) is 12.7 Å². The summed E-state index contributed by atoms with van der Waals surface area (Å²) in [5, 5.41) is 0. The van der Waals surface area contributed by atoms with Crippen LogP contribution in [0.3, 0.4) is 0 Å². The average Bonchev–Trinajstić information content (AvgIpc) is 2.79. The van der Waals surface area contributed by atoms with Crippen LogP contribution in [0.15, 0.2) is 53.4 Å².